The number of rotatable bonds is 4. The van der Waals surface area contributed by atoms with Crippen LogP contribution < -0.4 is 10.1 Å². The lowest BCUT2D eigenvalue weighted by atomic mass is 9.98. The smallest absolute Gasteiger partial charge is 0.320 e. The van der Waals surface area contributed by atoms with Crippen LogP contribution in [0.5, 0.6) is 6.01 Å². The maximum absolute atomic E-state index is 6.21. The van der Waals surface area contributed by atoms with Gasteiger partial charge in [0.05, 0.1) is 6.20 Å². The molecule has 2 aliphatic rings. The Morgan fingerprint density at radius 1 is 1.17 bits per heavy atom. The molecule has 7 nitrogen and oxygen atoms in total. The van der Waals surface area contributed by atoms with E-state index < -0.39 is 0 Å². The van der Waals surface area contributed by atoms with Gasteiger partial charge in [-0.15, -0.1) is 5.10 Å². The van der Waals surface area contributed by atoms with E-state index in [1.165, 1.54) is 19.3 Å². The topological polar surface area (TPSA) is 73.6 Å². The van der Waals surface area contributed by atoms with E-state index in [0.29, 0.717) is 28.7 Å². The number of hydrogen-bond donors (Lipinski definition) is 1. The summed E-state index contributed by atoms with van der Waals surface area (Å²) in [5, 5.41) is 8.27. The van der Waals surface area contributed by atoms with Crippen molar-refractivity contribution in [1.29, 1.82) is 0 Å². The van der Waals surface area contributed by atoms with E-state index in [0.717, 1.165) is 38.9 Å². The summed E-state index contributed by atoms with van der Waals surface area (Å²) in [5.74, 6) is 0.567. The lowest BCUT2D eigenvalue weighted by Crippen LogP contribution is -2.29. The summed E-state index contributed by atoms with van der Waals surface area (Å²) in [7, 11) is 0. The summed E-state index contributed by atoms with van der Waals surface area (Å²) in [6.45, 7) is 1.54. The first-order valence-electron chi connectivity index (χ1n) is 8.72. The number of ether oxygens (including phenoxy) is 2. The van der Waals surface area contributed by atoms with E-state index in [1.54, 1.807) is 10.7 Å². The first-order valence-corrected chi connectivity index (χ1v) is 9.09. The molecule has 2 aromatic rings. The predicted molar refractivity (Wildman–Crippen MR) is 90.8 cm³/mol. The van der Waals surface area contributed by atoms with Crippen molar-refractivity contribution >= 4 is 23.1 Å². The number of imidazole rings is 1. The number of anilines is 1. The van der Waals surface area contributed by atoms with Crippen molar-refractivity contribution in [3.8, 4) is 6.01 Å². The van der Waals surface area contributed by atoms with Gasteiger partial charge in [-0.3, -0.25) is 0 Å². The fraction of sp³-hybridized carbons (Fsp3) is 0.688. The summed E-state index contributed by atoms with van der Waals surface area (Å²) in [4.78, 5) is 8.69. The molecule has 0 unspecified atom stereocenters. The number of halogens is 1. The zero-order chi connectivity index (χ0) is 16.4. The first kappa shape index (κ1) is 15.9. The molecule has 1 saturated carbocycles. The fourth-order valence-electron chi connectivity index (χ4n) is 3.33. The Morgan fingerprint density at radius 3 is 2.75 bits per heavy atom. The van der Waals surface area contributed by atoms with Gasteiger partial charge >= 0.3 is 6.01 Å². The van der Waals surface area contributed by atoms with Crippen LogP contribution in [0.15, 0.2) is 6.20 Å². The third-order valence-corrected chi connectivity index (χ3v) is 4.98. The van der Waals surface area contributed by atoms with Crippen LogP contribution >= 0.6 is 11.6 Å². The Balaban J connectivity index is 1.55. The van der Waals surface area contributed by atoms with Crippen molar-refractivity contribution < 1.29 is 9.47 Å². The minimum atomic E-state index is 0.197. The lowest BCUT2D eigenvalue weighted by Gasteiger charge is -2.23. The van der Waals surface area contributed by atoms with E-state index in [1.807, 2.05) is 0 Å². The average Bonchev–Trinajstić information content (AvgIpc) is 2.92. The maximum atomic E-state index is 6.21. The molecule has 0 spiro atoms. The molecule has 4 rings (SSSR count). The highest BCUT2D eigenvalue weighted by Crippen LogP contribution is 2.26. The average molecular weight is 352 g/mol. The van der Waals surface area contributed by atoms with Gasteiger partial charge < -0.3 is 14.8 Å². The molecule has 2 fully saturated rings. The van der Waals surface area contributed by atoms with Gasteiger partial charge in [-0.2, -0.15) is 9.50 Å². The van der Waals surface area contributed by atoms with E-state index in [4.69, 9.17) is 21.1 Å². The third kappa shape index (κ3) is 3.42. The largest absolute Gasteiger partial charge is 0.460 e. The predicted octanol–water partition coefficient (Wildman–Crippen LogP) is 3.08. The maximum Gasteiger partial charge on any atom is 0.320 e. The summed E-state index contributed by atoms with van der Waals surface area (Å²) in [6.07, 6.45) is 9.61. The Labute approximate surface area is 145 Å². The second-order valence-corrected chi connectivity index (χ2v) is 6.83. The van der Waals surface area contributed by atoms with Crippen LogP contribution in [0.1, 0.15) is 44.9 Å². The molecule has 24 heavy (non-hydrogen) atoms. The van der Waals surface area contributed by atoms with Gasteiger partial charge in [-0.1, -0.05) is 18.0 Å². The summed E-state index contributed by atoms with van der Waals surface area (Å²) in [6, 6.07) is 0.789. The molecule has 0 atom stereocenters. The van der Waals surface area contributed by atoms with Crippen molar-refractivity contribution in [1.82, 2.24) is 19.6 Å². The molecule has 2 aromatic heterocycles. The van der Waals surface area contributed by atoms with E-state index in [9.17, 15) is 0 Å². The van der Waals surface area contributed by atoms with Crippen LogP contribution in [0.2, 0.25) is 5.15 Å². The molecule has 8 heteroatoms. The SMILES string of the molecule is Clc1nc(OC2CCCCC2)n2nc(NC3CCOCC3)ncc12. The highest BCUT2D eigenvalue weighted by atomic mass is 35.5. The normalized spacial score (nSPS) is 20.4. The van der Waals surface area contributed by atoms with Crippen molar-refractivity contribution in [2.75, 3.05) is 18.5 Å². The van der Waals surface area contributed by atoms with Crippen LogP contribution in [0.4, 0.5) is 5.95 Å². The fourth-order valence-corrected chi connectivity index (χ4v) is 3.53. The van der Waals surface area contributed by atoms with Gasteiger partial charge in [0.2, 0.25) is 5.95 Å². The lowest BCUT2D eigenvalue weighted by molar-refractivity contribution is 0.0902. The zero-order valence-corrected chi connectivity index (χ0v) is 14.3. The number of hydrogen-bond acceptors (Lipinski definition) is 6. The van der Waals surface area contributed by atoms with Gasteiger partial charge in [0.15, 0.2) is 5.15 Å². The van der Waals surface area contributed by atoms with Crippen LogP contribution in [0.3, 0.4) is 0 Å². The third-order valence-electron chi connectivity index (χ3n) is 4.70. The second-order valence-electron chi connectivity index (χ2n) is 6.47. The monoisotopic (exact) mass is 351 g/mol. The van der Waals surface area contributed by atoms with Crippen molar-refractivity contribution in [2.45, 2.75) is 57.1 Å². The molecular formula is C16H22ClN5O2. The second kappa shape index (κ2) is 7.11. The molecule has 3 heterocycles. The first-order chi connectivity index (χ1) is 11.8. The number of fused-ring (bicyclic) bond motifs is 1. The number of nitrogens with one attached hydrogen (secondary N) is 1. The van der Waals surface area contributed by atoms with Gasteiger partial charge in [-0.05, 0) is 38.5 Å². The Hall–Kier alpha value is -1.60. The molecule has 0 radical (unpaired) electrons. The van der Waals surface area contributed by atoms with Gasteiger partial charge in [0, 0.05) is 19.3 Å². The number of nitrogens with zero attached hydrogens (tertiary/aromatic N) is 4. The molecule has 1 aliphatic heterocycles. The van der Waals surface area contributed by atoms with Crippen molar-refractivity contribution in [3.63, 3.8) is 0 Å². The molecular weight excluding hydrogens is 330 g/mol. The summed E-state index contributed by atoms with van der Waals surface area (Å²) in [5.41, 5.74) is 0.667. The minimum Gasteiger partial charge on any atom is -0.460 e. The van der Waals surface area contributed by atoms with E-state index in [2.05, 4.69) is 20.4 Å². The molecule has 1 aliphatic carbocycles. The Morgan fingerprint density at radius 2 is 1.96 bits per heavy atom. The van der Waals surface area contributed by atoms with Crippen molar-refractivity contribution in [3.05, 3.63) is 11.3 Å². The van der Waals surface area contributed by atoms with Crippen molar-refractivity contribution in [2.24, 2.45) is 0 Å². The molecule has 0 bridgehead atoms. The highest BCUT2D eigenvalue weighted by molar-refractivity contribution is 6.32. The summed E-state index contributed by atoms with van der Waals surface area (Å²) >= 11 is 6.21. The van der Waals surface area contributed by atoms with E-state index in [-0.39, 0.29) is 6.10 Å². The molecule has 0 amide bonds. The standard InChI is InChI=1S/C16H22ClN5O2/c17-14-13-10-18-15(19-11-6-8-23-9-7-11)21-22(13)16(20-14)24-12-4-2-1-3-5-12/h10-12H,1-9H2,(H,19,21). The highest BCUT2D eigenvalue weighted by Gasteiger charge is 2.21. The van der Waals surface area contributed by atoms with Crippen LogP contribution in [-0.4, -0.2) is 44.9 Å². The summed E-state index contributed by atoms with van der Waals surface area (Å²) < 4.78 is 13.1. The Kier molecular flexibility index (Phi) is 4.71. The van der Waals surface area contributed by atoms with Crippen LogP contribution in [-0.2, 0) is 4.74 Å². The quantitative estimate of drug-likeness (QED) is 0.912. The van der Waals surface area contributed by atoms with Gasteiger partial charge in [0.25, 0.3) is 0 Å². The zero-order valence-electron chi connectivity index (χ0n) is 13.6. The Bertz CT molecular complexity index is 695. The van der Waals surface area contributed by atoms with E-state index >= 15 is 0 Å². The molecule has 1 saturated heterocycles. The van der Waals surface area contributed by atoms with Gasteiger partial charge in [-0.25, -0.2) is 4.98 Å². The molecule has 0 aromatic carbocycles. The van der Waals surface area contributed by atoms with Gasteiger partial charge in [0.1, 0.15) is 11.6 Å². The molecule has 130 valence electrons. The molecule has 1 N–H and O–H groups in total. The van der Waals surface area contributed by atoms with Crippen LogP contribution in [0.25, 0.3) is 5.52 Å². The number of aromatic nitrogens is 4. The minimum absolute atomic E-state index is 0.197. The van der Waals surface area contributed by atoms with Crippen LogP contribution in [0, 0.1) is 0 Å².